The average molecular weight is 383 g/mol. The van der Waals surface area contributed by atoms with Crippen LogP contribution in [0.15, 0.2) is 41.0 Å². The van der Waals surface area contributed by atoms with E-state index < -0.39 is 0 Å². The molecule has 3 rings (SSSR count). The first-order valence-corrected chi connectivity index (χ1v) is 8.56. The molecule has 0 aliphatic heterocycles. The molecule has 3 aromatic rings. The van der Waals surface area contributed by atoms with Crippen LogP contribution in [0.1, 0.15) is 11.1 Å². The summed E-state index contributed by atoms with van der Waals surface area (Å²) in [7, 11) is 3.09. The summed E-state index contributed by atoms with van der Waals surface area (Å²) in [5.74, 6) is 1.54. The Hall–Kier alpha value is -3.55. The fourth-order valence-electron chi connectivity index (χ4n) is 2.56. The first-order valence-electron chi connectivity index (χ1n) is 8.56. The Balaban J connectivity index is 1.70. The van der Waals surface area contributed by atoms with E-state index in [1.54, 1.807) is 25.3 Å². The molecule has 1 N–H and O–H groups in total. The van der Waals surface area contributed by atoms with Gasteiger partial charge in [-0.15, -0.1) is 0 Å². The van der Waals surface area contributed by atoms with Gasteiger partial charge < -0.3 is 19.5 Å². The third-order valence-electron chi connectivity index (χ3n) is 4.25. The van der Waals surface area contributed by atoms with Crippen LogP contribution in [-0.4, -0.2) is 37.0 Å². The van der Waals surface area contributed by atoms with Crippen LogP contribution < -0.4 is 19.5 Å². The first kappa shape index (κ1) is 19.2. The molecule has 1 heterocycles. The largest absolute Gasteiger partial charge is 0.493 e. The molecule has 0 spiro atoms. The minimum atomic E-state index is -0.379. The summed E-state index contributed by atoms with van der Waals surface area (Å²) >= 11 is 0. The van der Waals surface area contributed by atoms with E-state index in [1.165, 1.54) is 7.11 Å². The van der Waals surface area contributed by atoms with Crippen molar-refractivity contribution in [2.45, 2.75) is 13.8 Å². The van der Waals surface area contributed by atoms with Gasteiger partial charge in [-0.25, -0.2) is 4.63 Å². The van der Waals surface area contributed by atoms with Crippen molar-refractivity contribution in [2.75, 3.05) is 26.1 Å². The van der Waals surface area contributed by atoms with E-state index in [0.717, 1.165) is 11.1 Å². The van der Waals surface area contributed by atoms with Gasteiger partial charge in [0.15, 0.2) is 23.8 Å². The summed E-state index contributed by atoms with van der Waals surface area (Å²) in [5.41, 5.74) is 3.28. The highest BCUT2D eigenvalue weighted by Gasteiger charge is 2.17. The van der Waals surface area contributed by atoms with Gasteiger partial charge in [-0.05, 0) is 65.6 Å². The minimum absolute atomic E-state index is 0.166. The Kier molecular flexibility index (Phi) is 5.78. The Morgan fingerprint density at radius 3 is 2.50 bits per heavy atom. The highest BCUT2D eigenvalue weighted by Crippen LogP contribution is 2.33. The zero-order valence-electron chi connectivity index (χ0n) is 16.1. The molecule has 28 heavy (non-hydrogen) atoms. The van der Waals surface area contributed by atoms with Gasteiger partial charge in [0.25, 0.3) is 5.91 Å². The molecule has 0 unspecified atom stereocenters. The average Bonchev–Trinajstić information content (AvgIpc) is 3.16. The second-order valence-corrected chi connectivity index (χ2v) is 6.11. The molecule has 8 heteroatoms. The van der Waals surface area contributed by atoms with E-state index in [2.05, 4.69) is 15.6 Å². The van der Waals surface area contributed by atoms with Crippen molar-refractivity contribution in [2.24, 2.45) is 0 Å². The van der Waals surface area contributed by atoms with Crippen molar-refractivity contribution in [3.05, 3.63) is 47.5 Å². The number of hydrogen-bond acceptors (Lipinski definition) is 7. The summed E-state index contributed by atoms with van der Waals surface area (Å²) in [6.07, 6.45) is 0. The van der Waals surface area contributed by atoms with E-state index in [1.807, 2.05) is 32.0 Å². The van der Waals surface area contributed by atoms with Crippen molar-refractivity contribution in [1.82, 2.24) is 10.3 Å². The van der Waals surface area contributed by atoms with Gasteiger partial charge >= 0.3 is 0 Å². The lowest BCUT2D eigenvalue weighted by molar-refractivity contribution is -0.118. The number of nitrogens with zero attached hydrogens (tertiary/aromatic N) is 2. The number of nitrogens with one attached hydrogen (secondary N) is 1. The van der Waals surface area contributed by atoms with Crippen LogP contribution in [0, 0.1) is 13.8 Å². The molecule has 1 amide bonds. The molecule has 0 saturated heterocycles. The summed E-state index contributed by atoms with van der Waals surface area (Å²) < 4.78 is 20.8. The van der Waals surface area contributed by atoms with Crippen molar-refractivity contribution in [1.29, 1.82) is 0 Å². The van der Waals surface area contributed by atoms with Gasteiger partial charge in [-0.2, -0.15) is 0 Å². The van der Waals surface area contributed by atoms with Crippen LogP contribution in [0.25, 0.3) is 11.3 Å². The number of amides is 1. The predicted octanol–water partition coefficient (Wildman–Crippen LogP) is 3.39. The van der Waals surface area contributed by atoms with Crippen LogP contribution in [0.3, 0.4) is 0 Å². The number of hydrogen-bond donors (Lipinski definition) is 1. The van der Waals surface area contributed by atoms with Crippen LogP contribution in [0.2, 0.25) is 0 Å². The number of aromatic nitrogens is 2. The van der Waals surface area contributed by atoms with E-state index >= 15 is 0 Å². The van der Waals surface area contributed by atoms with Crippen LogP contribution in [0.4, 0.5) is 5.82 Å². The van der Waals surface area contributed by atoms with Crippen LogP contribution in [0.5, 0.6) is 17.2 Å². The maximum atomic E-state index is 12.3. The van der Waals surface area contributed by atoms with Gasteiger partial charge in [0, 0.05) is 5.56 Å². The van der Waals surface area contributed by atoms with Crippen molar-refractivity contribution >= 4 is 11.7 Å². The smallest absolute Gasteiger partial charge is 0.263 e. The predicted molar refractivity (Wildman–Crippen MR) is 103 cm³/mol. The highest BCUT2D eigenvalue weighted by molar-refractivity contribution is 5.94. The van der Waals surface area contributed by atoms with E-state index in [-0.39, 0.29) is 18.3 Å². The molecule has 146 valence electrons. The minimum Gasteiger partial charge on any atom is -0.493 e. The van der Waals surface area contributed by atoms with Gasteiger partial charge in [0.05, 0.1) is 14.2 Å². The maximum absolute atomic E-state index is 12.3. The second kappa shape index (κ2) is 8.43. The van der Waals surface area contributed by atoms with Crippen molar-refractivity contribution in [3.8, 4) is 28.5 Å². The molecule has 0 atom stereocenters. The molecule has 1 aromatic heterocycles. The normalized spacial score (nSPS) is 10.4. The lowest BCUT2D eigenvalue weighted by atomic mass is 10.1. The molecule has 2 aromatic carbocycles. The quantitative estimate of drug-likeness (QED) is 0.668. The standard InChI is InChI=1S/C20H21N3O5/c1-12-5-7-15(9-13(12)2)27-11-18(24)21-20-19(22-28-23-20)14-6-8-16(25-3)17(10-14)26-4/h5-10H,11H2,1-4H3,(H,21,23,24). The number of anilines is 1. The van der Waals surface area contributed by atoms with Crippen molar-refractivity contribution < 1.29 is 23.6 Å². The molecule has 0 aliphatic carbocycles. The number of ether oxygens (including phenoxy) is 3. The number of rotatable bonds is 7. The summed E-state index contributed by atoms with van der Waals surface area (Å²) in [6.45, 7) is 3.83. The third kappa shape index (κ3) is 4.22. The molecular weight excluding hydrogens is 362 g/mol. The third-order valence-corrected chi connectivity index (χ3v) is 4.25. The Morgan fingerprint density at radius 1 is 1.00 bits per heavy atom. The van der Waals surface area contributed by atoms with Crippen LogP contribution in [-0.2, 0) is 4.79 Å². The summed E-state index contributed by atoms with van der Waals surface area (Å²) in [5, 5.41) is 10.3. The SMILES string of the molecule is COc1ccc(-c2nonc2NC(=O)COc2ccc(C)c(C)c2)cc1OC. The summed E-state index contributed by atoms with van der Waals surface area (Å²) in [6, 6.07) is 10.9. The highest BCUT2D eigenvalue weighted by atomic mass is 16.6. The van der Waals surface area contributed by atoms with Crippen LogP contribution >= 0.6 is 0 Å². The molecular formula is C20H21N3O5. The number of aryl methyl sites for hydroxylation is 2. The number of benzene rings is 2. The molecule has 0 aliphatic rings. The number of carbonyl (C=O) groups excluding carboxylic acids is 1. The van der Waals surface area contributed by atoms with E-state index in [0.29, 0.717) is 28.5 Å². The zero-order valence-corrected chi connectivity index (χ0v) is 16.1. The number of methoxy groups -OCH3 is 2. The zero-order chi connectivity index (χ0) is 20.1. The van der Waals surface area contributed by atoms with E-state index in [9.17, 15) is 4.79 Å². The van der Waals surface area contributed by atoms with Gasteiger partial charge in [-0.1, -0.05) is 6.07 Å². The first-order chi connectivity index (χ1) is 13.5. The monoisotopic (exact) mass is 383 g/mol. The maximum Gasteiger partial charge on any atom is 0.263 e. The topological polar surface area (TPSA) is 95.7 Å². The summed E-state index contributed by atoms with van der Waals surface area (Å²) in [4.78, 5) is 12.3. The Labute approximate surface area is 162 Å². The molecule has 0 radical (unpaired) electrons. The number of carbonyl (C=O) groups is 1. The Morgan fingerprint density at radius 2 is 1.79 bits per heavy atom. The van der Waals surface area contributed by atoms with E-state index in [4.69, 9.17) is 18.8 Å². The molecule has 0 fully saturated rings. The Bertz CT molecular complexity index is 984. The molecule has 8 nitrogen and oxygen atoms in total. The van der Waals surface area contributed by atoms with Gasteiger partial charge in [0.2, 0.25) is 5.82 Å². The fraction of sp³-hybridized carbons (Fsp3) is 0.250. The lowest BCUT2D eigenvalue weighted by Crippen LogP contribution is -2.20. The van der Waals surface area contributed by atoms with Gasteiger partial charge in [-0.3, -0.25) is 4.79 Å². The second-order valence-electron chi connectivity index (χ2n) is 6.11. The lowest BCUT2D eigenvalue weighted by Gasteiger charge is -2.09. The molecule has 0 bridgehead atoms. The molecule has 0 saturated carbocycles. The fourth-order valence-corrected chi connectivity index (χ4v) is 2.56. The van der Waals surface area contributed by atoms with Crippen molar-refractivity contribution in [3.63, 3.8) is 0 Å². The van der Waals surface area contributed by atoms with Gasteiger partial charge in [0.1, 0.15) is 5.75 Å².